The number of hydrogen-bond donors (Lipinski definition) is 1. The van der Waals surface area contributed by atoms with Crippen LogP contribution in [-0.4, -0.2) is 6.61 Å². The summed E-state index contributed by atoms with van der Waals surface area (Å²) in [4.78, 5) is 0. The largest absolute Gasteiger partial charge is 0.489 e. The zero-order chi connectivity index (χ0) is 14.4. The van der Waals surface area contributed by atoms with E-state index in [1.807, 2.05) is 42.5 Å². The standard InChI is InChI=1S/C17H18ClNO/c1-3-10-20-17-7-5-4-6-14(17)12-19-16-11-15(18)9-8-13(16)2/h3-9,11,19H,1,10,12H2,2H3. The molecular weight excluding hydrogens is 270 g/mol. The Kier molecular flexibility index (Phi) is 5.08. The molecule has 0 heterocycles. The van der Waals surface area contributed by atoms with E-state index in [1.165, 1.54) is 5.56 Å². The van der Waals surface area contributed by atoms with Gasteiger partial charge in [0.15, 0.2) is 0 Å². The third kappa shape index (κ3) is 3.78. The first kappa shape index (κ1) is 14.5. The van der Waals surface area contributed by atoms with Crippen molar-refractivity contribution < 1.29 is 4.74 Å². The molecule has 0 radical (unpaired) electrons. The Bertz CT molecular complexity index is 595. The average Bonchev–Trinajstić information content (AvgIpc) is 2.47. The van der Waals surface area contributed by atoms with Crippen LogP contribution in [0, 0.1) is 6.92 Å². The number of para-hydroxylation sites is 1. The van der Waals surface area contributed by atoms with Crippen molar-refractivity contribution in [3.8, 4) is 5.75 Å². The molecule has 104 valence electrons. The summed E-state index contributed by atoms with van der Waals surface area (Å²) in [5, 5.41) is 4.13. The van der Waals surface area contributed by atoms with Crippen LogP contribution in [0.25, 0.3) is 0 Å². The maximum atomic E-state index is 6.02. The second kappa shape index (κ2) is 7.01. The lowest BCUT2D eigenvalue weighted by Crippen LogP contribution is -2.04. The topological polar surface area (TPSA) is 21.3 Å². The van der Waals surface area contributed by atoms with Crippen LogP contribution in [0.15, 0.2) is 55.1 Å². The van der Waals surface area contributed by atoms with Gasteiger partial charge in [0.1, 0.15) is 12.4 Å². The Balaban J connectivity index is 2.10. The molecule has 0 atom stereocenters. The van der Waals surface area contributed by atoms with Crippen molar-refractivity contribution >= 4 is 17.3 Å². The minimum Gasteiger partial charge on any atom is -0.489 e. The summed E-state index contributed by atoms with van der Waals surface area (Å²) >= 11 is 6.02. The summed E-state index contributed by atoms with van der Waals surface area (Å²) in [6.45, 7) is 6.92. The lowest BCUT2D eigenvalue weighted by atomic mass is 10.1. The third-order valence-electron chi connectivity index (χ3n) is 3.00. The van der Waals surface area contributed by atoms with Crippen LogP contribution in [0.4, 0.5) is 5.69 Å². The van der Waals surface area contributed by atoms with Gasteiger partial charge in [-0.25, -0.2) is 0 Å². The number of halogens is 1. The quantitative estimate of drug-likeness (QED) is 0.769. The van der Waals surface area contributed by atoms with Crippen molar-refractivity contribution in [2.75, 3.05) is 11.9 Å². The Hall–Kier alpha value is -1.93. The lowest BCUT2D eigenvalue weighted by Gasteiger charge is -2.13. The van der Waals surface area contributed by atoms with Gasteiger partial charge in [0.2, 0.25) is 0 Å². The van der Waals surface area contributed by atoms with Gasteiger partial charge in [0.05, 0.1) is 0 Å². The van der Waals surface area contributed by atoms with E-state index >= 15 is 0 Å². The first-order valence-corrected chi connectivity index (χ1v) is 6.90. The molecular formula is C17H18ClNO. The summed E-state index contributed by atoms with van der Waals surface area (Å²) < 4.78 is 5.64. The molecule has 2 aromatic rings. The van der Waals surface area contributed by atoms with Crippen molar-refractivity contribution in [2.45, 2.75) is 13.5 Å². The summed E-state index contributed by atoms with van der Waals surface area (Å²) in [7, 11) is 0. The first-order valence-electron chi connectivity index (χ1n) is 6.52. The molecule has 0 aromatic heterocycles. The molecule has 0 amide bonds. The molecule has 0 unspecified atom stereocenters. The minimum absolute atomic E-state index is 0.507. The molecule has 0 bridgehead atoms. The molecule has 2 nitrogen and oxygen atoms in total. The zero-order valence-electron chi connectivity index (χ0n) is 11.5. The number of nitrogens with one attached hydrogen (secondary N) is 1. The minimum atomic E-state index is 0.507. The van der Waals surface area contributed by atoms with Crippen LogP contribution < -0.4 is 10.1 Å². The number of benzene rings is 2. The van der Waals surface area contributed by atoms with E-state index in [2.05, 4.69) is 18.8 Å². The van der Waals surface area contributed by atoms with Crippen LogP contribution in [0.2, 0.25) is 5.02 Å². The number of rotatable bonds is 6. The van der Waals surface area contributed by atoms with Crippen molar-refractivity contribution in [3.05, 3.63) is 71.3 Å². The molecule has 3 heteroatoms. The molecule has 2 aromatic carbocycles. The van der Waals surface area contributed by atoms with Gasteiger partial charge in [-0.3, -0.25) is 0 Å². The highest BCUT2D eigenvalue weighted by Crippen LogP contribution is 2.23. The smallest absolute Gasteiger partial charge is 0.124 e. The van der Waals surface area contributed by atoms with Crippen molar-refractivity contribution in [1.82, 2.24) is 0 Å². The van der Waals surface area contributed by atoms with E-state index in [4.69, 9.17) is 16.3 Å². The van der Waals surface area contributed by atoms with Crippen LogP contribution >= 0.6 is 11.6 Å². The molecule has 0 aliphatic carbocycles. The second-order valence-corrected chi connectivity index (χ2v) is 4.96. The highest BCUT2D eigenvalue weighted by molar-refractivity contribution is 6.30. The molecule has 0 saturated heterocycles. The second-order valence-electron chi connectivity index (χ2n) is 4.52. The highest BCUT2D eigenvalue weighted by Gasteiger charge is 2.04. The lowest BCUT2D eigenvalue weighted by molar-refractivity contribution is 0.359. The van der Waals surface area contributed by atoms with Gasteiger partial charge in [-0.1, -0.05) is 48.5 Å². The number of aryl methyl sites for hydroxylation is 1. The fourth-order valence-corrected chi connectivity index (χ4v) is 2.09. The van der Waals surface area contributed by atoms with Gasteiger partial charge in [0, 0.05) is 22.8 Å². The molecule has 0 fully saturated rings. The van der Waals surface area contributed by atoms with E-state index in [-0.39, 0.29) is 0 Å². The molecule has 0 saturated carbocycles. The number of ether oxygens (including phenoxy) is 1. The van der Waals surface area contributed by atoms with Crippen LogP contribution in [0.3, 0.4) is 0 Å². The summed E-state index contributed by atoms with van der Waals surface area (Å²) in [5.41, 5.74) is 3.31. The SMILES string of the molecule is C=CCOc1ccccc1CNc1cc(Cl)ccc1C. The van der Waals surface area contributed by atoms with Crippen molar-refractivity contribution in [2.24, 2.45) is 0 Å². The van der Waals surface area contributed by atoms with Gasteiger partial charge < -0.3 is 10.1 Å². The molecule has 1 N–H and O–H groups in total. The normalized spacial score (nSPS) is 10.1. The van der Waals surface area contributed by atoms with Gasteiger partial charge >= 0.3 is 0 Å². The van der Waals surface area contributed by atoms with Gasteiger partial charge in [-0.05, 0) is 30.7 Å². The number of hydrogen-bond acceptors (Lipinski definition) is 2. The van der Waals surface area contributed by atoms with Crippen LogP contribution in [-0.2, 0) is 6.54 Å². The molecule has 0 spiro atoms. The fourth-order valence-electron chi connectivity index (χ4n) is 1.91. The zero-order valence-corrected chi connectivity index (χ0v) is 12.3. The van der Waals surface area contributed by atoms with Crippen LogP contribution in [0.1, 0.15) is 11.1 Å². The van der Waals surface area contributed by atoms with E-state index < -0.39 is 0 Å². The highest BCUT2D eigenvalue weighted by atomic mass is 35.5. The van der Waals surface area contributed by atoms with Gasteiger partial charge in [0.25, 0.3) is 0 Å². The van der Waals surface area contributed by atoms with E-state index in [0.717, 1.165) is 22.0 Å². The maximum Gasteiger partial charge on any atom is 0.124 e. The predicted octanol–water partition coefficient (Wildman–Crippen LogP) is 4.83. The average molecular weight is 288 g/mol. The van der Waals surface area contributed by atoms with Crippen molar-refractivity contribution in [3.63, 3.8) is 0 Å². The van der Waals surface area contributed by atoms with Crippen LogP contribution in [0.5, 0.6) is 5.75 Å². The number of anilines is 1. The molecule has 20 heavy (non-hydrogen) atoms. The summed E-state index contributed by atoms with van der Waals surface area (Å²) in [5.74, 6) is 0.875. The summed E-state index contributed by atoms with van der Waals surface area (Å²) in [6, 6.07) is 13.8. The van der Waals surface area contributed by atoms with Gasteiger partial charge in [-0.15, -0.1) is 0 Å². The maximum absolute atomic E-state index is 6.02. The molecule has 0 aliphatic heterocycles. The summed E-state index contributed by atoms with van der Waals surface area (Å²) in [6.07, 6.45) is 1.74. The van der Waals surface area contributed by atoms with E-state index in [9.17, 15) is 0 Å². The molecule has 0 aliphatic rings. The fraction of sp³-hybridized carbons (Fsp3) is 0.176. The van der Waals surface area contributed by atoms with E-state index in [0.29, 0.717) is 13.2 Å². The molecule has 2 rings (SSSR count). The van der Waals surface area contributed by atoms with Gasteiger partial charge in [-0.2, -0.15) is 0 Å². The monoisotopic (exact) mass is 287 g/mol. The van der Waals surface area contributed by atoms with E-state index in [1.54, 1.807) is 6.08 Å². The Morgan fingerprint density at radius 1 is 1.25 bits per heavy atom. The Morgan fingerprint density at radius 3 is 2.85 bits per heavy atom. The third-order valence-corrected chi connectivity index (χ3v) is 3.23. The predicted molar refractivity (Wildman–Crippen MR) is 85.6 cm³/mol. The van der Waals surface area contributed by atoms with Crippen molar-refractivity contribution in [1.29, 1.82) is 0 Å². The Morgan fingerprint density at radius 2 is 2.05 bits per heavy atom. The first-order chi connectivity index (χ1) is 9.70. The Labute approximate surface area is 125 Å².